The van der Waals surface area contributed by atoms with Gasteiger partial charge in [0.25, 0.3) is 0 Å². The first kappa shape index (κ1) is 12.4. The molecule has 1 heterocycles. The molecule has 2 aromatic rings. The second-order valence-electron chi connectivity index (χ2n) is 4.59. The predicted molar refractivity (Wildman–Crippen MR) is 73.9 cm³/mol. The van der Waals surface area contributed by atoms with Crippen LogP contribution in [0, 0.1) is 25.2 Å². The van der Waals surface area contributed by atoms with Gasteiger partial charge in [-0.3, -0.25) is 0 Å². The van der Waals surface area contributed by atoms with Gasteiger partial charge >= 0.3 is 0 Å². The molecule has 0 saturated heterocycles. The van der Waals surface area contributed by atoms with Crippen molar-refractivity contribution >= 4 is 0 Å². The van der Waals surface area contributed by atoms with Crippen LogP contribution in [-0.4, -0.2) is 4.57 Å². The number of nitriles is 1. The van der Waals surface area contributed by atoms with E-state index in [0.717, 1.165) is 12.0 Å². The van der Waals surface area contributed by atoms with Crippen LogP contribution in [0.4, 0.5) is 0 Å². The Kier molecular flexibility index (Phi) is 3.53. The second kappa shape index (κ2) is 5.10. The third-order valence-electron chi connectivity index (χ3n) is 3.41. The molecular formula is C16H18N2. The Bertz CT molecular complexity index is 583. The predicted octanol–water partition coefficient (Wildman–Crippen LogP) is 3.72. The largest absolute Gasteiger partial charge is 0.318 e. The van der Waals surface area contributed by atoms with Gasteiger partial charge in [0.2, 0.25) is 0 Å². The standard InChI is InChI=1S/C16H18N2/c1-4-14-5-7-16(8-6-14)18-12(2)11-15(9-10-17)13(18)3/h5-8,11H,4,9H2,1-3H3. The molecule has 0 amide bonds. The van der Waals surface area contributed by atoms with Crippen LogP contribution in [0.3, 0.4) is 0 Å². The highest BCUT2D eigenvalue weighted by Gasteiger charge is 2.09. The Morgan fingerprint density at radius 1 is 1.17 bits per heavy atom. The van der Waals surface area contributed by atoms with Crippen LogP contribution in [0.5, 0.6) is 0 Å². The van der Waals surface area contributed by atoms with E-state index in [0.29, 0.717) is 6.42 Å². The van der Waals surface area contributed by atoms with Crippen LogP contribution in [0.25, 0.3) is 5.69 Å². The molecule has 2 heteroatoms. The van der Waals surface area contributed by atoms with E-state index in [1.54, 1.807) is 0 Å². The number of aromatic nitrogens is 1. The van der Waals surface area contributed by atoms with Crippen molar-refractivity contribution in [1.29, 1.82) is 5.26 Å². The van der Waals surface area contributed by atoms with Crippen molar-refractivity contribution in [3.63, 3.8) is 0 Å². The SMILES string of the molecule is CCc1ccc(-n2c(C)cc(CC#N)c2C)cc1. The third-order valence-corrected chi connectivity index (χ3v) is 3.41. The van der Waals surface area contributed by atoms with Crippen LogP contribution in [0.2, 0.25) is 0 Å². The van der Waals surface area contributed by atoms with Crippen molar-refractivity contribution in [3.05, 3.63) is 52.8 Å². The summed E-state index contributed by atoms with van der Waals surface area (Å²) in [6, 6.07) is 13.0. The third kappa shape index (κ3) is 2.17. The van der Waals surface area contributed by atoms with Gasteiger partial charge < -0.3 is 4.57 Å². The van der Waals surface area contributed by atoms with Crippen molar-refractivity contribution in [2.45, 2.75) is 33.6 Å². The van der Waals surface area contributed by atoms with Crippen molar-refractivity contribution in [2.24, 2.45) is 0 Å². The van der Waals surface area contributed by atoms with Crippen molar-refractivity contribution in [1.82, 2.24) is 4.57 Å². The first-order chi connectivity index (χ1) is 8.67. The maximum Gasteiger partial charge on any atom is 0.0670 e. The van der Waals surface area contributed by atoms with Gasteiger partial charge in [0.05, 0.1) is 12.5 Å². The maximum absolute atomic E-state index is 8.82. The molecule has 0 unspecified atom stereocenters. The average molecular weight is 238 g/mol. The maximum atomic E-state index is 8.82. The number of rotatable bonds is 3. The molecule has 0 spiro atoms. The topological polar surface area (TPSA) is 28.7 Å². The summed E-state index contributed by atoms with van der Waals surface area (Å²) in [4.78, 5) is 0. The van der Waals surface area contributed by atoms with Gasteiger partial charge in [0.1, 0.15) is 0 Å². The van der Waals surface area contributed by atoms with E-state index < -0.39 is 0 Å². The molecule has 0 N–H and O–H groups in total. The van der Waals surface area contributed by atoms with Crippen LogP contribution in [0.15, 0.2) is 30.3 Å². The number of benzene rings is 1. The molecule has 0 aliphatic rings. The fourth-order valence-electron chi connectivity index (χ4n) is 2.37. The molecule has 0 aliphatic heterocycles. The molecule has 2 rings (SSSR count). The van der Waals surface area contributed by atoms with Gasteiger partial charge in [0, 0.05) is 17.1 Å². The lowest BCUT2D eigenvalue weighted by molar-refractivity contribution is 0.953. The number of hydrogen-bond acceptors (Lipinski definition) is 1. The highest BCUT2D eigenvalue weighted by molar-refractivity contribution is 5.42. The summed E-state index contributed by atoms with van der Waals surface area (Å²) in [6.07, 6.45) is 1.54. The lowest BCUT2D eigenvalue weighted by atomic mass is 10.1. The highest BCUT2D eigenvalue weighted by Crippen LogP contribution is 2.21. The summed E-state index contributed by atoms with van der Waals surface area (Å²) in [6.45, 7) is 6.32. The highest BCUT2D eigenvalue weighted by atomic mass is 15.0. The summed E-state index contributed by atoms with van der Waals surface area (Å²) in [5.41, 5.74) is 5.99. The zero-order chi connectivity index (χ0) is 13.1. The van der Waals surface area contributed by atoms with E-state index >= 15 is 0 Å². The molecule has 0 atom stereocenters. The van der Waals surface area contributed by atoms with Crippen LogP contribution < -0.4 is 0 Å². The molecule has 1 aromatic carbocycles. The number of aryl methyl sites for hydroxylation is 2. The van der Waals surface area contributed by atoms with Gasteiger partial charge in [-0.25, -0.2) is 0 Å². The van der Waals surface area contributed by atoms with Gasteiger partial charge in [0.15, 0.2) is 0 Å². The first-order valence-electron chi connectivity index (χ1n) is 6.31. The summed E-state index contributed by atoms with van der Waals surface area (Å²) in [5.74, 6) is 0. The molecule has 0 aliphatic carbocycles. The lowest BCUT2D eigenvalue weighted by Gasteiger charge is -2.10. The van der Waals surface area contributed by atoms with Crippen LogP contribution >= 0.6 is 0 Å². The molecule has 0 fully saturated rings. The second-order valence-corrected chi connectivity index (χ2v) is 4.59. The zero-order valence-electron chi connectivity index (χ0n) is 11.2. The lowest BCUT2D eigenvalue weighted by Crippen LogP contribution is -1.99. The number of hydrogen-bond donors (Lipinski definition) is 0. The molecule has 2 nitrogen and oxygen atoms in total. The minimum Gasteiger partial charge on any atom is -0.318 e. The summed E-state index contributed by atoms with van der Waals surface area (Å²) >= 11 is 0. The zero-order valence-corrected chi connectivity index (χ0v) is 11.2. The van der Waals surface area contributed by atoms with Gasteiger partial charge in [-0.1, -0.05) is 19.1 Å². The van der Waals surface area contributed by atoms with Crippen molar-refractivity contribution in [3.8, 4) is 11.8 Å². The normalized spacial score (nSPS) is 10.3. The van der Waals surface area contributed by atoms with Crippen LogP contribution in [0.1, 0.15) is 29.4 Å². The molecule has 92 valence electrons. The molecular weight excluding hydrogens is 220 g/mol. The first-order valence-corrected chi connectivity index (χ1v) is 6.31. The van der Waals surface area contributed by atoms with E-state index in [1.165, 1.54) is 22.6 Å². The average Bonchev–Trinajstić information content (AvgIpc) is 2.65. The Morgan fingerprint density at radius 2 is 1.83 bits per heavy atom. The Labute approximate surface area is 108 Å². The fraction of sp³-hybridized carbons (Fsp3) is 0.312. The van der Waals surface area contributed by atoms with Gasteiger partial charge in [-0.2, -0.15) is 5.26 Å². The minimum atomic E-state index is 0.479. The number of nitrogens with zero attached hydrogens (tertiary/aromatic N) is 2. The van der Waals surface area contributed by atoms with Crippen molar-refractivity contribution in [2.75, 3.05) is 0 Å². The van der Waals surface area contributed by atoms with Gasteiger partial charge in [-0.15, -0.1) is 0 Å². The summed E-state index contributed by atoms with van der Waals surface area (Å²) in [5, 5.41) is 8.82. The van der Waals surface area contributed by atoms with E-state index in [1.807, 2.05) is 0 Å². The van der Waals surface area contributed by atoms with Crippen LogP contribution in [-0.2, 0) is 12.8 Å². The Hall–Kier alpha value is -2.01. The van der Waals surface area contributed by atoms with Crippen molar-refractivity contribution < 1.29 is 0 Å². The Balaban J connectivity index is 2.46. The smallest absolute Gasteiger partial charge is 0.0670 e. The van der Waals surface area contributed by atoms with E-state index in [9.17, 15) is 0 Å². The molecule has 18 heavy (non-hydrogen) atoms. The van der Waals surface area contributed by atoms with E-state index in [2.05, 4.69) is 61.7 Å². The fourth-order valence-corrected chi connectivity index (χ4v) is 2.37. The van der Waals surface area contributed by atoms with E-state index in [4.69, 9.17) is 5.26 Å². The summed E-state index contributed by atoms with van der Waals surface area (Å²) in [7, 11) is 0. The Morgan fingerprint density at radius 3 is 2.39 bits per heavy atom. The van der Waals surface area contributed by atoms with E-state index in [-0.39, 0.29) is 0 Å². The van der Waals surface area contributed by atoms with Gasteiger partial charge in [-0.05, 0) is 49.6 Å². The molecule has 0 saturated carbocycles. The molecule has 1 aromatic heterocycles. The molecule has 0 radical (unpaired) electrons. The summed E-state index contributed by atoms with van der Waals surface area (Å²) < 4.78 is 2.21. The molecule has 0 bridgehead atoms. The quantitative estimate of drug-likeness (QED) is 0.801. The monoisotopic (exact) mass is 238 g/mol. The minimum absolute atomic E-state index is 0.479.